The molecule has 9 heteroatoms. The molecule has 3 nitrogen and oxygen atoms in total. The molecule has 0 bridgehead atoms. The third kappa shape index (κ3) is 3.50. The van der Waals surface area contributed by atoms with Crippen LogP contribution < -0.4 is 0 Å². The zero-order valence-electron chi connectivity index (χ0n) is 8.43. The summed E-state index contributed by atoms with van der Waals surface area (Å²) < 4.78 is 62.9. The summed E-state index contributed by atoms with van der Waals surface area (Å²) in [5.74, 6) is -1.63. The average Bonchev–Trinajstić information content (AvgIpc) is 2.17. The zero-order valence-corrected chi connectivity index (χ0v) is 10.6. The van der Waals surface area contributed by atoms with Gasteiger partial charge in [-0.3, -0.25) is 4.79 Å². The minimum absolute atomic E-state index is 0.274. The number of alkyl halides is 5. The highest BCUT2D eigenvalue weighted by atomic mass is 127. The number of rotatable bonds is 3. The molecule has 1 heterocycles. The van der Waals surface area contributed by atoms with Crippen molar-refractivity contribution in [1.29, 1.82) is 0 Å². The van der Waals surface area contributed by atoms with Gasteiger partial charge in [0.2, 0.25) is 0 Å². The van der Waals surface area contributed by atoms with Crippen LogP contribution in [-0.2, 0) is 17.4 Å². The maximum Gasteiger partial charge on any atom is 0.416 e. The van der Waals surface area contributed by atoms with Crippen LogP contribution >= 0.6 is 22.6 Å². The molecule has 1 rings (SSSR count). The van der Waals surface area contributed by atoms with E-state index in [1.54, 1.807) is 0 Å². The molecule has 0 aliphatic heterocycles. The standard InChI is InChI=1S/C9H5F5INO2/c10-8(11)7-3(1-6(17)18)4(9(12,13)14)2-5(15)16-7/h2,8H,1H2,(H,17,18). The van der Waals surface area contributed by atoms with Crippen LogP contribution in [0.2, 0.25) is 0 Å². The zero-order chi connectivity index (χ0) is 14.1. The normalized spacial score (nSPS) is 11.9. The van der Waals surface area contributed by atoms with Crippen molar-refractivity contribution in [3.05, 3.63) is 26.6 Å². The Morgan fingerprint density at radius 3 is 2.39 bits per heavy atom. The number of carbonyl (C=O) groups is 1. The molecule has 0 saturated carbocycles. The number of nitrogens with zero attached hydrogens (tertiary/aromatic N) is 1. The molecule has 1 aromatic heterocycles. The summed E-state index contributed by atoms with van der Waals surface area (Å²) in [4.78, 5) is 13.7. The second kappa shape index (κ2) is 5.33. The third-order valence-corrected chi connectivity index (χ3v) is 2.52. The predicted molar refractivity (Wildman–Crippen MR) is 58.3 cm³/mol. The van der Waals surface area contributed by atoms with Crippen LogP contribution in [0.4, 0.5) is 22.0 Å². The molecular weight excluding hydrogens is 376 g/mol. The Balaban J connectivity index is 3.52. The number of hydrogen-bond acceptors (Lipinski definition) is 2. The van der Waals surface area contributed by atoms with Crippen LogP contribution in [0.1, 0.15) is 23.2 Å². The molecule has 1 aromatic rings. The molecule has 1 N–H and O–H groups in total. The van der Waals surface area contributed by atoms with E-state index in [0.717, 1.165) is 0 Å². The van der Waals surface area contributed by atoms with Gasteiger partial charge in [0.15, 0.2) is 0 Å². The Bertz CT molecular complexity index is 475. The number of pyridine rings is 1. The van der Waals surface area contributed by atoms with Gasteiger partial charge in [-0.05, 0) is 28.7 Å². The van der Waals surface area contributed by atoms with Crippen molar-refractivity contribution in [1.82, 2.24) is 4.98 Å². The maximum atomic E-state index is 12.7. The summed E-state index contributed by atoms with van der Waals surface area (Å²) in [6.45, 7) is 0. The lowest BCUT2D eigenvalue weighted by molar-refractivity contribution is -0.140. The Morgan fingerprint density at radius 1 is 1.44 bits per heavy atom. The van der Waals surface area contributed by atoms with E-state index in [9.17, 15) is 26.7 Å². The van der Waals surface area contributed by atoms with Crippen LogP contribution in [0.25, 0.3) is 0 Å². The van der Waals surface area contributed by atoms with E-state index in [1.807, 2.05) is 0 Å². The molecule has 0 fully saturated rings. The van der Waals surface area contributed by atoms with Gasteiger partial charge in [-0.25, -0.2) is 13.8 Å². The minimum Gasteiger partial charge on any atom is -0.481 e. The number of halogens is 6. The lowest BCUT2D eigenvalue weighted by atomic mass is 10.0. The summed E-state index contributed by atoms with van der Waals surface area (Å²) in [5.41, 5.74) is -3.53. The van der Waals surface area contributed by atoms with Crippen molar-refractivity contribution in [2.45, 2.75) is 19.0 Å². The van der Waals surface area contributed by atoms with Gasteiger partial charge < -0.3 is 5.11 Å². The van der Waals surface area contributed by atoms with Crippen LogP contribution in [0.3, 0.4) is 0 Å². The highest BCUT2D eigenvalue weighted by molar-refractivity contribution is 14.1. The van der Waals surface area contributed by atoms with Crippen molar-refractivity contribution >= 4 is 28.6 Å². The Labute approximate surface area is 111 Å². The number of aliphatic carboxylic acids is 1. The molecular formula is C9H5F5INO2. The van der Waals surface area contributed by atoms with Gasteiger partial charge in [0, 0.05) is 5.56 Å². The van der Waals surface area contributed by atoms with E-state index >= 15 is 0 Å². The third-order valence-electron chi connectivity index (χ3n) is 1.97. The molecule has 0 spiro atoms. The lowest BCUT2D eigenvalue weighted by Gasteiger charge is -2.15. The second-order valence-corrected chi connectivity index (χ2v) is 4.33. The smallest absolute Gasteiger partial charge is 0.416 e. The van der Waals surface area contributed by atoms with E-state index < -0.39 is 41.8 Å². The molecule has 0 amide bonds. The fourth-order valence-corrected chi connectivity index (χ4v) is 1.90. The van der Waals surface area contributed by atoms with Crippen molar-refractivity contribution in [3.63, 3.8) is 0 Å². The topological polar surface area (TPSA) is 50.2 Å². The predicted octanol–water partition coefficient (Wildman–Crippen LogP) is 3.27. The van der Waals surface area contributed by atoms with Crippen LogP contribution in [0, 0.1) is 3.70 Å². The monoisotopic (exact) mass is 381 g/mol. The Hall–Kier alpha value is -1.00. The molecule has 18 heavy (non-hydrogen) atoms. The van der Waals surface area contributed by atoms with Crippen LogP contribution in [0.5, 0.6) is 0 Å². The summed E-state index contributed by atoms with van der Waals surface area (Å²) >= 11 is 1.36. The highest BCUT2D eigenvalue weighted by Crippen LogP contribution is 2.36. The van der Waals surface area contributed by atoms with Gasteiger partial charge in [-0.1, -0.05) is 0 Å². The van der Waals surface area contributed by atoms with Crippen molar-refractivity contribution in [2.75, 3.05) is 0 Å². The maximum absolute atomic E-state index is 12.7. The number of carboxylic acid groups (broad SMARTS) is 1. The fourth-order valence-electron chi connectivity index (χ4n) is 1.33. The summed E-state index contributed by atoms with van der Waals surface area (Å²) in [6.07, 6.45) is -9.33. The molecule has 0 aliphatic rings. The van der Waals surface area contributed by atoms with Gasteiger partial charge >= 0.3 is 12.1 Å². The van der Waals surface area contributed by atoms with E-state index in [4.69, 9.17) is 5.11 Å². The Morgan fingerprint density at radius 2 is 2.00 bits per heavy atom. The van der Waals surface area contributed by atoms with Gasteiger partial charge in [0.1, 0.15) is 9.39 Å². The number of carboxylic acids is 1. The fraction of sp³-hybridized carbons (Fsp3) is 0.333. The van der Waals surface area contributed by atoms with Gasteiger partial charge in [-0.2, -0.15) is 13.2 Å². The highest BCUT2D eigenvalue weighted by Gasteiger charge is 2.37. The molecule has 0 aliphatic carbocycles. The molecule has 0 aromatic carbocycles. The van der Waals surface area contributed by atoms with Crippen molar-refractivity contribution < 1.29 is 31.9 Å². The minimum atomic E-state index is -4.91. The number of aromatic nitrogens is 1. The van der Waals surface area contributed by atoms with Crippen molar-refractivity contribution in [2.24, 2.45) is 0 Å². The SMILES string of the molecule is O=C(O)Cc1c(C(F)(F)F)cc(I)nc1C(F)F. The molecule has 0 atom stereocenters. The number of hydrogen-bond donors (Lipinski definition) is 1. The van der Waals surface area contributed by atoms with Gasteiger partial charge in [0.05, 0.1) is 12.0 Å². The molecule has 100 valence electrons. The molecule has 0 unspecified atom stereocenters. The van der Waals surface area contributed by atoms with E-state index in [0.29, 0.717) is 6.07 Å². The van der Waals surface area contributed by atoms with Crippen LogP contribution in [0.15, 0.2) is 6.07 Å². The first-order valence-corrected chi connectivity index (χ1v) is 5.47. The molecule has 0 saturated heterocycles. The Kier molecular flexibility index (Phi) is 4.46. The van der Waals surface area contributed by atoms with Gasteiger partial charge in [0.25, 0.3) is 6.43 Å². The first-order chi connectivity index (χ1) is 8.12. The first-order valence-electron chi connectivity index (χ1n) is 4.39. The summed E-state index contributed by atoms with van der Waals surface area (Å²) in [6, 6.07) is 0.546. The quantitative estimate of drug-likeness (QED) is 0.497. The van der Waals surface area contributed by atoms with E-state index in [2.05, 4.69) is 4.98 Å². The second-order valence-electron chi connectivity index (χ2n) is 3.23. The average molecular weight is 381 g/mol. The largest absolute Gasteiger partial charge is 0.481 e. The van der Waals surface area contributed by atoms with Crippen LogP contribution in [-0.4, -0.2) is 16.1 Å². The molecule has 0 radical (unpaired) electrons. The first kappa shape index (κ1) is 15.1. The van der Waals surface area contributed by atoms with E-state index in [-0.39, 0.29) is 3.70 Å². The van der Waals surface area contributed by atoms with E-state index in [1.165, 1.54) is 22.6 Å². The van der Waals surface area contributed by atoms with Crippen molar-refractivity contribution in [3.8, 4) is 0 Å². The summed E-state index contributed by atoms with van der Waals surface area (Å²) in [5, 5.41) is 8.49. The summed E-state index contributed by atoms with van der Waals surface area (Å²) in [7, 11) is 0. The lowest BCUT2D eigenvalue weighted by Crippen LogP contribution is -2.17. The van der Waals surface area contributed by atoms with Gasteiger partial charge in [-0.15, -0.1) is 0 Å².